The molecule has 1 aromatic heterocycles. The third-order valence-electron chi connectivity index (χ3n) is 3.98. The van der Waals surface area contributed by atoms with Crippen molar-refractivity contribution in [2.24, 2.45) is 0 Å². The lowest BCUT2D eigenvalue weighted by molar-refractivity contribution is -0.122. The zero-order valence-corrected chi connectivity index (χ0v) is 15.2. The van der Waals surface area contributed by atoms with Crippen molar-refractivity contribution in [3.63, 3.8) is 0 Å². The largest absolute Gasteiger partial charge is 0.493 e. The number of rotatable bonds is 6. The van der Waals surface area contributed by atoms with E-state index in [0.717, 1.165) is 4.80 Å². The molecule has 1 amide bonds. The van der Waals surface area contributed by atoms with Gasteiger partial charge in [0, 0.05) is 11.6 Å². The van der Waals surface area contributed by atoms with E-state index in [1.807, 2.05) is 0 Å². The van der Waals surface area contributed by atoms with Crippen LogP contribution in [-0.2, 0) is 21.2 Å². The summed E-state index contributed by atoms with van der Waals surface area (Å²) in [6.07, 6.45) is 0.426. The molecule has 2 heterocycles. The average molecular weight is 381 g/mol. The first-order valence-electron chi connectivity index (χ1n) is 7.90. The molecule has 0 radical (unpaired) electrons. The number of sulfone groups is 1. The van der Waals surface area contributed by atoms with Crippen LogP contribution in [0.1, 0.15) is 6.42 Å². The number of nitrogens with one attached hydrogen (secondary N) is 1. The second kappa shape index (κ2) is 7.28. The van der Waals surface area contributed by atoms with Gasteiger partial charge in [0.1, 0.15) is 6.54 Å². The van der Waals surface area contributed by atoms with Crippen LogP contribution in [0, 0.1) is 0 Å². The summed E-state index contributed by atoms with van der Waals surface area (Å²) in [4.78, 5) is 13.2. The second-order valence-electron chi connectivity index (χ2n) is 5.88. The number of ether oxygens (including phenoxy) is 2. The van der Waals surface area contributed by atoms with Crippen LogP contribution in [0.4, 0.5) is 0 Å². The summed E-state index contributed by atoms with van der Waals surface area (Å²) in [6.45, 7) is -0.142. The van der Waals surface area contributed by atoms with E-state index in [-0.39, 0.29) is 30.0 Å². The first-order valence-corrected chi connectivity index (χ1v) is 9.72. The molecule has 1 saturated heterocycles. The molecule has 10 nitrogen and oxygen atoms in total. The zero-order valence-electron chi connectivity index (χ0n) is 14.4. The van der Waals surface area contributed by atoms with Crippen LogP contribution in [-0.4, -0.2) is 66.3 Å². The third kappa shape index (κ3) is 4.10. The van der Waals surface area contributed by atoms with Crippen molar-refractivity contribution >= 4 is 15.7 Å². The van der Waals surface area contributed by atoms with Gasteiger partial charge >= 0.3 is 0 Å². The highest BCUT2D eigenvalue weighted by Crippen LogP contribution is 2.30. The maximum atomic E-state index is 12.0. The van der Waals surface area contributed by atoms with Crippen LogP contribution in [0.25, 0.3) is 11.4 Å². The molecule has 1 N–H and O–H groups in total. The fourth-order valence-electron chi connectivity index (χ4n) is 2.71. The molecular formula is C15H19N5O5S. The van der Waals surface area contributed by atoms with Gasteiger partial charge in [-0.15, -0.1) is 10.2 Å². The Morgan fingerprint density at radius 1 is 1.31 bits per heavy atom. The average Bonchev–Trinajstić information content (AvgIpc) is 3.20. The molecule has 1 aromatic carbocycles. The zero-order chi connectivity index (χ0) is 18.7. The number of hydrogen-bond acceptors (Lipinski definition) is 8. The van der Waals surface area contributed by atoms with Gasteiger partial charge in [-0.25, -0.2) is 8.42 Å². The smallest absolute Gasteiger partial charge is 0.243 e. The van der Waals surface area contributed by atoms with Crippen molar-refractivity contribution in [2.45, 2.75) is 19.0 Å². The SMILES string of the molecule is COc1ccc(-c2nnn(CC(=O)NC3CCS(=O)(=O)C3)n2)cc1OC. The van der Waals surface area contributed by atoms with E-state index in [2.05, 4.69) is 20.7 Å². The number of carbonyl (C=O) groups excluding carboxylic acids is 1. The Hall–Kier alpha value is -2.69. The van der Waals surface area contributed by atoms with Crippen LogP contribution in [0.15, 0.2) is 18.2 Å². The van der Waals surface area contributed by atoms with Crippen molar-refractivity contribution in [1.29, 1.82) is 0 Å². The van der Waals surface area contributed by atoms with E-state index < -0.39 is 9.84 Å². The molecule has 26 heavy (non-hydrogen) atoms. The van der Waals surface area contributed by atoms with Crippen molar-refractivity contribution in [2.75, 3.05) is 25.7 Å². The van der Waals surface area contributed by atoms with Gasteiger partial charge in [0.25, 0.3) is 0 Å². The predicted octanol–water partition coefficient (Wildman–Crippen LogP) is -0.339. The molecular weight excluding hydrogens is 362 g/mol. The molecule has 1 atom stereocenters. The molecule has 0 spiro atoms. The normalized spacial score (nSPS) is 18.5. The lowest BCUT2D eigenvalue weighted by Gasteiger charge is -2.09. The van der Waals surface area contributed by atoms with Gasteiger partial charge in [0.2, 0.25) is 11.7 Å². The van der Waals surface area contributed by atoms with E-state index in [0.29, 0.717) is 29.3 Å². The molecule has 11 heteroatoms. The Labute approximate surface area is 150 Å². The summed E-state index contributed by atoms with van der Waals surface area (Å²) < 4.78 is 33.3. The molecule has 0 bridgehead atoms. The van der Waals surface area contributed by atoms with Crippen molar-refractivity contribution in [1.82, 2.24) is 25.5 Å². The van der Waals surface area contributed by atoms with Crippen molar-refractivity contribution in [3.05, 3.63) is 18.2 Å². The van der Waals surface area contributed by atoms with Gasteiger partial charge < -0.3 is 14.8 Å². The van der Waals surface area contributed by atoms with Gasteiger partial charge in [0.05, 0.1) is 25.7 Å². The molecule has 0 saturated carbocycles. The molecule has 1 unspecified atom stereocenters. The summed E-state index contributed by atoms with van der Waals surface area (Å²) in [6, 6.07) is 4.83. The highest BCUT2D eigenvalue weighted by atomic mass is 32.2. The van der Waals surface area contributed by atoms with E-state index in [1.54, 1.807) is 25.3 Å². The summed E-state index contributed by atoms with van der Waals surface area (Å²) in [7, 11) is 0.0237. The first-order chi connectivity index (χ1) is 12.4. The Morgan fingerprint density at radius 3 is 2.73 bits per heavy atom. The summed E-state index contributed by atoms with van der Waals surface area (Å²) in [5.74, 6) is 1.16. The van der Waals surface area contributed by atoms with Crippen LogP contribution < -0.4 is 14.8 Å². The minimum Gasteiger partial charge on any atom is -0.493 e. The third-order valence-corrected chi connectivity index (χ3v) is 5.75. The molecule has 0 aliphatic carbocycles. The Balaban J connectivity index is 1.65. The minimum atomic E-state index is -3.05. The maximum absolute atomic E-state index is 12.0. The van der Waals surface area contributed by atoms with E-state index >= 15 is 0 Å². The second-order valence-corrected chi connectivity index (χ2v) is 8.11. The topological polar surface area (TPSA) is 125 Å². The molecule has 1 aliphatic rings. The molecule has 1 fully saturated rings. The number of nitrogens with zero attached hydrogens (tertiary/aromatic N) is 4. The van der Waals surface area contributed by atoms with Gasteiger partial charge in [-0.1, -0.05) is 0 Å². The van der Waals surface area contributed by atoms with Gasteiger partial charge in [-0.2, -0.15) is 4.80 Å². The van der Waals surface area contributed by atoms with Crippen LogP contribution in [0.3, 0.4) is 0 Å². The Kier molecular flexibility index (Phi) is 5.07. The lowest BCUT2D eigenvalue weighted by atomic mass is 10.2. The minimum absolute atomic E-state index is 0.0274. The van der Waals surface area contributed by atoms with Crippen LogP contribution in [0.5, 0.6) is 11.5 Å². The number of aromatic nitrogens is 4. The number of hydrogen-bond donors (Lipinski definition) is 1. The quantitative estimate of drug-likeness (QED) is 0.720. The van der Waals surface area contributed by atoms with Gasteiger partial charge in [0.15, 0.2) is 21.3 Å². The highest BCUT2D eigenvalue weighted by Gasteiger charge is 2.29. The number of benzene rings is 1. The number of carbonyl (C=O) groups is 1. The summed E-state index contributed by atoms with van der Waals surface area (Å²) in [5.41, 5.74) is 0.663. The number of methoxy groups -OCH3 is 2. The molecule has 140 valence electrons. The Morgan fingerprint density at radius 2 is 2.08 bits per heavy atom. The standard InChI is InChI=1S/C15H19N5O5S/c1-24-12-4-3-10(7-13(12)25-2)15-17-19-20(18-15)8-14(21)16-11-5-6-26(22,23)9-11/h3-4,7,11H,5-6,8-9H2,1-2H3,(H,16,21). The van der Waals surface area contributed by atoms with E-state index in [1.165, 1.54) is 7.11 Å². The van der Waals surface area contributed by atoms with E-state index in [4.69, 9.17) is 9.47 Å². The molecule has 1 aliphatic heterocycles. The fourth-order valence-corrected chi connectivity index (χ4v) is 4.39. The molecule has 3 rings (SSSR count). The number of amides is 1. The van der Waals surface area contributed by atoms with Crippen LogP contribution >= 0.6 is 0 Å². The predicted molar refractivity (Wildman–Crippen MR) is 91.6 cm³/mol. The highest BCUT2D eigenvalue weighted by molar-refractivity contribution is 7.91. The van der Waals surface area contributed by atoms with Gasteiger partial charge in [-0.3, -0.25) is 4.79 Å². The Bertz CT molecular complexity index is 911. The summed E-state index contributed by atoms with van der Waals surface area (Å²) in [5, 5.41) is 14.6. The number of tetrazole rings is 1. The van der Waals surface area contributed by atoms with Crippen molar-refractivity contribution < 1.29 is 22.7 Å². The maximum Gasteiger partial charge on any atom is 0.243 e. The lowest BCUT2D eigenvalue weighted by Crippen LogP contribution is -2.38. The molecule has 2 aromatic rings. The van der Waals surface area contributed by atoms with Crippen molar-refractivity contribution in [3.8, 4) is 22.9 Å². The summed E-state index contributed by atoms with van der Waals surface area (Å²) >= 11 is 0. The van der Waals surface area contributed by atoms with Crippen LogP contribution in [0.2, 0.25) is 0 Å². The first kappa shape index (κ1) is 18.1. The van der Waals surface area contributed by atoms with Gasteiger partial charge in [-0.05, 0) is 29.8 Å². The monoisotopic (exact) mass is 381 g/mol. The fraction of sp³-hybridized carbons (Fsp3) is 0.467. The van der Waals surface area contributed by atoms with E-state index in [9.17, 15) is 13.2 Å².